The number of amides is 1. The molecule has 0 unspecified atom stereocenters. The van der Waals surface area contributed by atoms with Crippen LogP contribution in [0.1, 0.15) is 38.7 Å². The Balaban J connectivity index is 1.92. The molecule has 1 saturated heterocycles. The Labute approximate surface area is 146 Å². The first kappa shape index (κ1) is 18.6. The van der Waals surface area contributed by atoms with Gasteiger partial charge in [0, 0.05) is 24.2 Å². The van der Waals surface area contributed by atoms with Gasteiger partial charge >= 0.3 is 5.97 Å². The smallest absolute Gasteiger partial charge is 0.331 e. The first-order valence-electron chi connectivity index (χ1n) is 8.29. The number of benzene rings is 1. The van der Waals surface area contributed by atoms with Gasteiger partial charge in [0.2, 0.25) is 0 Å². The predicted octanol–water partition coefficient (Wildman–Crippen LogP) is 2.94. The molecule has 2 rings (SSSR count). The molecule has 0 bridgehead atoms. The SMILES string of the molecule is C[C@@H]1CCC[C@@H](C)N1C(=O)COC(=O)/C=C/c1ccccc1[N+](=O)[O-]. The van der Waals surface area contributed by atoms with E-state index in [0.717, 1.165) is 25.3 Å². The molecular weight excluding hydrogens is 324 g/mol. The van der Waals surface area contributed by atoms with Crippen LogP contribution in [-0.2, 0) is 14.3 Å². The Hall–Kier alpha value is -2.70. The summed E-state index contributed by atoms with van der Waals surface area (Å²) in [7, 11) is 0. The fourth-order valence-electron chi connectivity index (χ4n) is 3.12. The molecule has 0 spiro atoms. The van der Waals surface area contributed by atoms with E-state index in [1.165, 1.54) is 18.2 Å². The average molecular weight is 346 g/mol. The van der Waals surface area contributed by atoms with Crippen LogP contribution in [0.4, 0.5) is 5.69 Å². The van der Waals surface area contributed by atoms with Gasteiger partial charge in [-0.05, 0) is 45.3 Å². The van der Waals surface area contributed by atoms with Gasteiger partial charge in [0.05, 0.1) is 10.5 Å². The number of piperidine rings is 1. The highest BCUT2D eigenvalue weighted by Crippen LogP contribution is 2.22. The summed E-state index contributed by atoms with van der Waals surface area (Å²) in [5, 5.41) is 10.9. The first-order chi connectivity index (χ1) is 11.9. The number of likely N-dealkylation sites (tertiary alicyclic amines) is 1. The fraction of sp³-hybridized carbons (Fsp3) is 0.444. The van der Waals surface area contributed by atoms with Crippen molar-refractivity contribution in [2.45, 2.75) is 45.2 Å². The van der Waals surface area contributed by atoms with Gasteiger partial charge in [-0.25, -0.2) is 4.79 Å². The van der Waals surface area contributed by atoms with Crippen molar-refractivity contribution in [3.05, 3.63) is 46.0 Å². The summed E-state index contributed by atoms with van der Waals surface area (Å²) in [6.07, 6.45) is 5.39. The van der Waals surface area contributed by atoms with E-state index in [4.69, 9.17) is 4.74 Å². The minimum absolute atomic E-state index is 0.0985. The van der Waals surface area contributed by atoms with Crippen LogP contribution < -0.4 is 0 Å². The monoisotopic (exact) mass is 346 g/mol. The van der Waals surface area contributed by atoms with Crippen molar-refractivity contribution < 1.29 is 19.2 Å². The zero-order valence-electron chi connectivity index (χ0n) is 14.4. The van der Waals surface area contributed by atoms with Crippen molar-refractivity contribution in [1.82, 2.24) is 4.90 Å². The van der Waals surface area contributed by atoms with Gasteiger partial charge in [0.15, 0.2) is 6.61 Å². The summed E-state index contributed by atoms with van der Waals surface area (Å²) in [5.74, 6) is -0.920. The molecule has 0 aliphatic carbocycles. The maximum absolute atomic E-state index is 12.3. The summed E-state index contributed by atoms with van der Waals surface area (Å²) in [6.45, 7) is 3.66. The van der Waals surface area contributed by atoms with Gasteiger partial charge in [-0.1, -0.05) is 12.1 Å². The lowest BCUT2D eigenvalue weighted by molar-refractivity contribution is -0.385. The van der Waals surface area contributed by atoms with Crippen LogP contribution in [0.15, 0.2) is 30.3 Å². The van der Waals surface area contributed by atoms with E-state index in [1.54, 1.807) is 17.0 Å². The molecule has 2 atom stereocenters. The molecule has 134 valence electrons. The molecule has 1 fully saturated rings. The van der Waals surface area contributed by atoms with Crippen molar-refractivity contribution in [3.63, 3.8) is 0 Å². The summed E-state index contributed by atoms with van der Waals surface area (Å²) >= 11 is 0. The van der Waals surface area contributed by atoms with E-state index in [-0.39, 0.29) is 30.3 Å². The fourth-order valence-corrected chi connectivity index (χ4v) is 3.12. The van der Waals surface area contributed by atoms with Crippen LogP contribution in [0.3, 0.4) is 0 Å². The minimum atomic E-state index is -0.705. The Kier molecular flexibility index (Phi) is 6.27. The summed E-state index contributed by atoms with van der Waals surface area (Å²) in [4.78, 5) is 36.2. The van der Waals surface area contributed by atoms with Crippen LogP contribution in [0.5, 0.6) is 0 Å². The number of hydrogen-bond acceptors (Lipinski definition) is 5. The molecule has 25 heavy (non-hydrogen) atoms. The van der Waals surface area contributed by atoms with E-state index in [0.29, 0.717) is 5.56 Å². The third-order valence-corrected chi connectivity index (χ3v) is 4.35. The number of rotatable bonds is 5. The number of carbonyl (C=O) groups is 2. The van der Waals surface area contributed by atoms with Crippen LogP contribution in [0.2, 0.25) is 0 Å². The molecule has 1 aliphatic rings. The third kappa shape index (κ3) is 4.89. The summed E-state index contributed by atoms with van der Waals surface area (Å²) < 4.78 is 4.99. The molecule has 0 N–H and O–H groups in total. The zero-order chi connectivity index (χ0) is 18.4. The second-order valence-electron chi connectivity index (χ2n) is 6.19. The number of nitro groups is 1. The first-order valence-corrected chi connectivity index (χ1v) is 8.29. The second kappa shape index (κ2) is 8.41. The number of esters is 1. The largest absolute Gasteiger partial charge is 0.452 e. The summed E-state index contributed by atoms with van der Waals surface area (Å²) in [5.41, 5.74) is 0.202. The summed E-state index contributed by atoms with van der Waals surface area (Å²) in [6, 6.07) is 6.35. The molecular formula is C18H22N2O5. The second-order valence-corrected chi connectivity index (χ2v) is 6.19. The normalized spacial score (nSPS) is 20.5. The zero-order valence-corrected chi connectivity index (χ0v) is 14.4. The quantitative estimate of drug-likeness (QED) is 0.354. The van der Waals surface area contributed by atoms with Crippen molar-refractivity contribution in [1.29, 1.82) is 0 Å². The van der Waals surface area contributed by atoms with Crippen LogP contribution >= 0.6 is 0 Å². The number of ether oxygens (including phenoxy) is 1. The van der Waals surface area contributed by atoms with Gasteiger partial charge in [0.1, 0.15) is 0 Å². The molecule has 0 saturated carbocycles. The molecule has 0 aromatic heterocycles. The molecule has 1 heterocycles. The molecule has 1 aromatic carbocycles. The van der Waals surface area contributed by atoms with Crippen molar-refractivity contribution >= 4 is 23.6 Å². The molecule has 7 heteroatoms. The Morgan fingerprint density at radius 3 is 2.56 bits per heavy atom. The van der Waals surface area contributed by atoms with Crippen LogP contribution in [0, 0.1) is 10.1 Å². The van der Waals surface area contributed by atoms with E-state index < -0.39 is 10.9 Å². The van der Waals surface area contributed by atoms with Crippen LogP contribution in [-0.4, -0.2) is 40.4 Å². The Morgan fingerprint density at radius 1 is 1.28 bits per heavy atom. The maximum Gasteiger partial charge on any atom is 0.331 e. The maximum atomic E-state index is 12.3. The lowest BCUT2D eigenvalue weighted by Crippen LogP contribution is -2.49. The van der Waals surface area contributed by atoms with Crippen LogP contribution in [0.25, 0.3) is 6.08 Å². The van der Waals surface area contributed by atoms with E-state index >= 15 is 0 Å². The van der Waals surface area contributed by atoms with E-state index in [9.17, 15) is 19.7 Å². The Bertz CT molecular complexity index is 676. The highest BCUT2D eigenvalue weighted by molar-refractivity contribution is 5.90. The van der Waals surface area contributed by atoms with Crippen molar-refractivity contribution in [3.8, 4) is 0 Å². The number of hydrogen-bond donors (Lipinski definition) is 0. The number of nitrogens with zero attached hydrogens (tertiary/aromatic N) is 2. The third-order valence-electron chi connectivity index (χ3n) is 4.35. The van der Waals surface area contributed by atoms with Gasteiger partial charge < -0.3 is 9.64 Å². The highest BCUT2D eigenvalue weighted by Gasteiger charge is 2.29. The number of nitro benzene ring substituents is 1. The van der Waals surface area contributed by atoms with Gasteiger partial charge in [-0.3, -0.25) is 14.9 Å². The van der Waals surface area contributed by atoms with Crippen molar-refractivity contribution in [2.24, 2.45) is 0 Å². The van der Waals surface area contributed by atoms with Gasteiger partial charge in [-0.15, -0.1) is 0 Å². The predicted molar refractivity (Wildman–Crippen MR) is 92.7 cm³/mol. The standard InChI is InChI=1S/C18H22N2O5/c1-13-6-5-7-14(2)19(13)17(21)12-25-18(22)11-10-15-8-3-4-9-16(15)20(23)24/h3-4,8-11,13-14H,5-7,12H2,1-2H3/b11-10+/t13-,14-/m1/s1. The minimum Gasteiger partial charge on any atom is -0.452 e. The van der Waals surface area contributed by atoms with E-state index in [2.05, 4.69) is 0 Å². The lowest BCUT2D eigenvalue weighted by Gasteiger charge is -2.38. The highest BCUT2D eigenvalue weighted by atomic mass is 16.6. The van der Waals surface area contributed by atoms with Crippen molar-refractivity contribution in [2.75, 3.05) is 6.61 Å². The lowest BCUT2D eigenvalue weighted by atomic mass is 9.97. The average Bonchev–Trinajstić information content (AvgIpc) is 2.58. The topological polar surface area (TPSA) is 89.8 Å². The van der Waals surface area contributed by atoms with E-state index in [1.807, 2.05) is 13.8 Å². The molecule has 1 aromatic rings. The molecule has 1 aliphatic heterocycles. The van der Waals surface area contributed by atoms with Gasteiger partial charge in [-0.2, -0.15) is 0 Å². The molecule has 1 amide bonds. The van der Waals surface area contributed by atoms with Gasteiger partial charge in [0.25, 0.3) is 11.6 Å². The number of para-hydroxylation sites is 1. The molecule has 7 nitrogen and oxygen atoms in total. The number of carbonyl (C=O) groups excluding carboxylic acids is 2. The Morgan fingerprint density at radius 2 is 1.92 bits per heavy atom. The molecule has 0 radical (unpaired) electrons.